The lowest BCUT2D eigenvalue weighted by Gasteiger charge is -2.17. The van der Waals surface area contributed by atoms with Crippen LogP contribution in [-0.4, -0.2) is 44.8 Å². The molecular weight excluding hydrogens is 258 g/mol. The van der Waals surface area contributed by atoms with E-state index in [2.05, 4.69) is 10.5 Å². The standard InChI is InChI=1S/C11H16ClN3O3/c1-15(10-4-3-9(12)7-13-10)8-11(16)14-18-6-5-17-2/h3-4,7H,5-6,8H2,1-2H3,(H,14,16). The molecule has 0 fully saturated rings. The Bertz CT molecular complexity index is 372. The van der Waals surface area contributed by atoms with Crippen LogP contribution < -0.4 is 10.4 Å². The molecule has 1 amide bonds. The Hall–Kier alpha value is -1.37. The maximum absolute atomic E-state index is 11.5. The number of aromatic nitrogens is 1. The Balaban J connectivity index is 2.33. The number of hydrogen-bond acceptors (Lipinski definition) is 5. The molecule has 1 heterocycles. The average Bonchev–Trinajstić information content (AvgIpc) is 2.35. The van der Waals surface area contributed by atoms with Crippen LogP contribution in [0.5, 0.6) is 0 Å². The molecule has 0 radical (unpaired) electrons. The molecule has 6 nitrogen and oxygen atoms in total. The molecule has 1 aromatic rings. The fourth-order valence-electron chi connectivity index (χ4n) is 1.18. The number of pyridine rings is 1. The van der Waals surface area contributed by atoms with Gasteiger partial charge in [-0.1, -0.05) is 11.6 Å². The third kappa shape index (κ3) is 5.31. The van der Waals surface area contributed by atoms with Crippen molar-refractivity contribution in [3.8, 4) is 0 Å². The molecule has 0 saturated carbocycles. The van der Waals surface area contributed by atoms with E-state index in [1.54, 1.807) is 31.2 Å². The minimum Gasteiger partial charge on any atom is -0.382 e. The van der Waals surface area contributed by atoms with Gasteiger partial charge in [0.05, 0.1) is 18.2 Å². The normalized spacial score (nSPS) is 10.2. The summed E-state index contributed by atoms with van der Waals surface area (Å²) in [5, 5.41) is 0.555. The summed E-state index contributed by atoms with van der Waals surface area (Å²) >= 11 is 5.73. The summed E-state index contributed by atoms with van der Waals surface area (Å²) in [5.41, 5.74) is 2.32. The van der Waals surface area contributed by atoms with Crippen LogP contribution in [0.3, 0.4) is 0 Å². The molecule has 0 bridgehead atoms. The van der Waals surface area contributed by atoms with Gasteiger partial charge in [-0.2, -0.15) is 0 Å². The Morgan fingerprint density at radius 2 is 2.28 bits per heavy atom. The molecule has 0 atom stereocenters. The summed E-state index contributed by atoms with van der Waals surface area (Å²) in [4.78, 5) is 22.2. The summed E-state index contributed by atoms with van der Waals surface area (Å²) in [6, 6.07) is 3.45. The number of likely N-dealkylation sites (N-methyl/N-ethyl adjacent to an activating group) is 1. The third-order valence-electron chi connectivity index (χ3n) is 2.06. The number of carbonyl (C=O) groups is 1. The number of ether oxygens (including phenoxy) is 1. The van der Waals surface area contributed by atoms with E-state index in [1.807, 2.05) is 0 Å². The van der Waals surface area contributed by atoms with Crippen LogP contribution in [0.1, 0.15) is 0 Å². The lowest BCUT2D eigenvalue weighted by molar-refractivity contribution is -0.133. The topological polar surface area (TPSA) is 63.7 Å². The second-order valence-electron chi connectivity index (χ2n) is 3.56. The molecule has 0 aliphatic rings. The first kappa shape index (κ1) is 14.7. The van der Waals surface area contributed by atoms with E-state index < -0.39 is 0 Å². The molecular formula is C11H16ClN3O3. The van der Waals surface area contributed by atoms with E-state index in [9.17, 15) is 4.79 Å². The Morgan fingerprint density at radius 3 is 2.89 bits per heavy atom. The first-order valence-corrected chi connectivity index (χ1v) is 5.73. The van der Waals surface area contributed by atoms with Gasteiger partial charge in [-0.3, -0.25) is 9.63 Å². The molecule has 1 rings (SSSR count). The highest BCUT2D eigenvalue weighted by Gasteiger charge is 2.08. The third-order valence-corrected chi connectivity index (χ3v) is 2.28. The van der Waals surface area contributed by atoms with Crippen molar-refractivity contribution < 1.29 is 14.4 Å². The van der Waals surface area contributed by atoms with Crippen molar-refractivity contribution in [3.63, 3.8) is 0 Å². The number of anilines is 1. The summed E-state index contributed by atoms with van der Waals surface area (Å²) in [6.07, 6.45) is 1.53. The van der Waals surface area contributed by atoms with Crippen LogP contribution in [0, 0.1) is 0 Å². The van der Waals surface area contributed by atoms with Crippen LogP contribution in [0.2, 0.25) is 5.02 Å². The second kappa shape index (κ2) is 7.86. The van der Waals surface area contributed by atoms with Gasteiger partial charge in [-0.15, -0.1) is 0 Å². The fraction of sp³-hybridized carbons (Fsp3) is 0.455. The second-order valence-corrected chi connectivity index (χ2v) is 3.99. The van der Waals surface area contributed by atoms with E-state index in [4.69, 9.17) is 21.2 Å². The van der Waals surface area contributed by atoms with Crippen molar-refractivity contribution in [2.45, 2.75) is 0 Å². The number of methoxy groups -OCH3 is 1. The minimum atomic E-state index is -0.259. The molecule has 0 aliphatic heterocycles. The number of nitrogens with one attached hydrogen (secondary N) is 1. The predicted molar refractivity (Wildman–Crippen MR) is 68.5 cm³/mol. The Labute approximate surface area is 111 Å². The SMILES string of the molecule is COCCONC(=O)CN(C)c1ccc(Cl)cn1. The summed E-state index contributed by atoms with van der Waals surface area (Å²) < 4.78 is 4.78. The quantitative estimate of drug-likeness (QED) is 0.590. The highest BCUT2D eigenvalue weighted by Crippen LogP contribution is 2.12. The summed E-state index contributed by atoms with van der Waals surface area (Å²) in [7, 11) is 3.32. The van der Waals surface area contributed by atoms with Crippen molar-refractivity contribution in [1.29, 1.82) is 0 Å². The first-order valence-electron chi connectivity index (χ1n) is 5.35. The zero-order valence-electron chi connectivity index (χ0n) is 10.4. The molecule has 0 aromatic carbocycles. The van der Waals surface area contributed by atoms with Crippen LogP contribution in [-0.2, 0) is 14.4 Å². The van der Waals surface area contributed by atoms with Crippen molar-refractivity contribution in [1.82, 2.24) is 10.5 Å². The highest BCUT2D eigenvalue weighted by molar-refractivity contribution is 6.30. The molecule has 0 aliphatic carbocycles. The number of amides is 1. The van der Waals surface area contributed by atoms with Crippen molar-refractivity contribution >= 4 is 23.3 Å². The smallest absolute Gasteiger partial charge is 0.263 e. The van der Waals surface area contributed by atoms with E-state index in [0.717, 1.165) is 0 Å². The number of hydroxylamine groups is 1. The van der Waals surface area contributed by atoms with Gasteiger partial charge >= 0.3 is 0 Å². The van der Waals surface area contributed by atoms with E-state index in [1.165, 1.54) is 6.20 Å². The Morgan fingerprint density at radius 1 is 1.50 bits per heavy atom. The van der Waals surface area contributed by atoms with Crippen LogP contribution in [0.25, 0.3) is 0 Å². The van der Waals surface area contributed by atoms with Gasteiger partial charge in [0, 0.05) is 20.4 Å². The monoisotopic (exact) mass is 273 g/mol. The van der Waals surface area contributed by atoms with Crippen molar-refractivity contribution in [2.75, 3.05) is 38.8 Å². The number of halogens is 1. The van der Waals surface area contributed by atoms with E-state index in [0.29, 0.717) is 24.1 Å². The molecule has 7 heteroatoms. The van der Waals surface area contributed by atoms with Crippen LogP contribution in [0.15, 0.2) is 18.3 Å². The number of rotatable bonds is 7. The largest absolute Gasteiger partial charge is 0.382 e. The van der Waals surface area contributed by atoms with Crippen molar-refractivity contribution in [3.05, 3.63) is 23.4 Å². The Kier molecular flexibility index (Phi) is 6.42. The van der Waals surface area contributed by atoms with Gasteiger partial charge in [-0.25, -0.2) is 10.5 Å². The molecule has 0 spiro atoms. The zero-order chi connectivity index (χ0) is 13.4. The maximum atomic E-state index is 11.5. The van der Waals surface area contributed by atoms with Gasteiger partial charge in [0.1, 0.15) is 12.4 Å². The summed E-state index contributed by atoms with van der Waals surface area (Å²) in [6.45, 7) is 0.877. The van der Waals surface area contributed by atoms with E-state index >= 15 is 0 Å². The van der Waals surface area contributed by atoms with Gasteiger partial charge < -0.3 is 9.64 Å². The maximum Gasteiger partial charge on any atom is 0.263 e. The summed E-state index contributed by atoms with van der Waals surface area (Å²) in [5.74, 6) is 0.400. The lowest BCUT2D eigenvalue weighted by atomic mass is 10.4. The lowest BCUT2D eigenvalue weighted by Crippen LogP contribution is -2.36. The van der Waals surface area contributed by atoms with E-state index in [-0.39, 0.29) is 12.5 Å². The minimum absolute atomic E-state index is 0.140. The fourth-order valence-corrected chi connectivity index (χ4v) is 1.29. The number of hydrogen-bond donors (Lipinski definition) is 1. The van der Waals surface area contributed by atoms with Crippen LogP contribution >= 0.6 is 11.6 Å². The number of nitrogens with zero attached hydrogens (tertiary/aromatic N) is 2. The highest BCUT2D eigenvalue weighted by atomic mass is 35.5. The van der Waals surface area contributed by atoms with Gasteiger partial charge in [0.25, 0.3) is 5.91 Å². The van der Waals surface area contributed by atoms with Crippen LogP contribution in [0.4, 0.5) is 5.82 Å². The van der Waals surface area contributed by atoms with Gasteiger partial charge in [0.15, 0.2) is 0 Å². The predicted octanol–water partition coefficient (Wildman–Crippen LogP) is 0.865. The molecule has 18 heavy (non-hydrogen) atoms. The van der Waals surface area contributed by atoms with Gasteiger partial charge in [-0.05, 0) is 12.1 Å². The first-order chi connectivity index (χ1) is 8.63. The average molecular weight is 274 g/mol. The molecule has 1 N–H and O–H groups in total. The molecule has 1 aromatic heterocycles. The molecule has 0 saturated heterocycles. The van der Waals surface area contributed by atoms with Gasteiger partial charge in [0.2, 0.25) is 0 Å². The number of carbonyl (C=O) groups excluding carboxylic acids is 1. The molecule has 100 valence electrons. The molecule has 0 unspecified atom stereocenters. The van der Waals surface area contributed by atoms with Crippen molar-refractivity contribution in [2.24, 2.45) is 0 Å². The zero-order valence-corrected chi connectivity index (χ0v) is 11.1.